The molecule has 1 aromatic carbocycles. The molecule has 0 atom stereocenters. The SMILES string of the molecule is Cc1cccc(NC(=O)c2nc(C(=O)Nc3cc(C)on3)c3ccccn23)c1. The lowest BCUT2D eigenvalue weighted by Gasteiger charge is -2.05. The van der Waals surface area contributed by atoms with Gasteiger partial charge in [-0.25, -0.2) is 4.98 Å². The van der Waals surface area contributed by atoms with E-state index in [9.17, 15) is 9.59 Å². The number of pyridine rings is 1. The summed E-state index contributed by atoms with van der Waals surface area (Å²) in [6.07, 6.45) is 1.69. The fraction of sp³-hybridized carbons (Fsp3) is 0.100. The fourth-order valence-electron chi connectivity index (χ4n) is 2.88. The third-order valence-electron chi connectivity index (χ3n) is 4.11. The van der Waals surface area contributed by atoms with Crippen molar-refractivity contribution in [2.24, 2.45) is 0 Å². The molecule has 0 radical (unpaired) electrons. The molecule has 0 saturated heterocycles. The van der Waals surface area contributed by atoms with Gasteiger partial charge in [-0.15, -0.1) is 0 Å². The number of nitrogens with one attached hydrogen (secondary N) is 2. The molecule has 8 nitrogen and oxygen atoms in total. The van der Waals surface area contributed by atoms with Gasteiger partial charge in [0.15, 0.2) is 11.5 Å². The Morgan fingerprint density at radius 3 is 2.61 bits per heavy atom. The first-order chi connectivity index (χ1) is 13.5. The fourth-order valence-corrected chi connectivity index (χ4v) is 2.88. The summed E-state index contributed by atoms with van der Waals surface area (Å²) >= 11 is 0. The number of aryl methyl sites for hydroxylation is 2. The summed E-state index contributed by atoms with van der Waals surface area (Å²) in [6.45, 7) is 3.66. The number of rotatable bonds is 4. The molecule has 4 rings (SSSR count). The number of carbonyl (C=O) groups is 2. The van der Waals surface area contributed by atoms with Crippen LogP contribution in [0.4, 0.5) is 11.5 Å². The molecule has 2 amide bonds. The van der Waals surface area contributed by atoms with Crippen LogP contribution in [-0.4, -0.2) is 26.4 Å². The summed E-state index contributed by atoms with van der Waals surface area (Å²) in [5.41, 5.74) is 2.31. The number of benzene rings is 1. The van der Waals surface area contributed by atoms with Gasteiger partial charge in [-0.3, -0.25) is 14.0 Å². The van der Waals surface area contributed by atoms with E-state index in [4.69, 9.17) is 4.52 Å². The third-order valence-corrected chi connectivity index (χ3v) is 4.11. The van der Waals surface area contributed by atoms with E-state index in [1.807, 2.05) is 25.1 Å². The number of amides is 2. The highest BCUT2D eigenvalue weighted by Gasteiger charge is 2.22. The number of anilines is 2. The molecule has 0 fully saturated rings. The molecule has 0 aliphatic carbocycles. The number of carbonyl (C=O) groups excluding carboxylic acids is 2. The summed E-state index contributed by atoms with van der Waals surface area (Å²) < 4.78 is 6.53. The molecule has 28 heavy (non-hydrogen) atoms. The lowest BCUT2D eigenvalue weighted by molar-refractivity contribution is 0.101. The zero-order valence-electron chi connectivity index (χ0n) is 15.3. The third kappa shape index (κ3) is 3.35. The lowest BCUT2D eigenvalue weighted by Crippen LogP contribution is -2.16. The molecule has 140 valence electrons. The molecule has 0 unspecified atom stereocenters. The van der Waals surface area contributed by atoms with Gasteiger partial charge in [-0.1, -0.05) is 23.4 Å². The molecular formula is C20H17N5O3. The van der Waals surface area contributed by atoms with E-state index in [0.29, 0.717) is 17.0 Å². The first-order valence-electron chi connectivity index (χ1n) is 8.61. The van der Waals surface area contributed by atoms with Crippen LogP contribution in [0.1, 0.15) is 32.4 Å². The van der Waals surface area contributed by atoms with Gasteiger partial charge in [0.1, 0.15) is 5.76 Å². The minimum absolute atomic E-state index is 0.110. The van der Waals surface area contributed by atoms with Crippen molar-refractivity contribution >= 4 is 28.8 Å². The molecular weight excluding hydrogens is 358 g/mol. The van der Waals surface area contributed by atoms with Gasteiger partial charge < -0.3 is 15.2 Å². The highest BCUT2D eigenvalue weighted by atomic mass is 16.5. The second-order valence-corrected chi connectivity index (χ2v) is 6.34. The van der Waals surface area contributed by atoms with Crippen molar-refractivity contribution in [3.05, 3.63) is 77.6 Å². The van der Waals surface area contributed by atoms with E-state index in [-0.39, 0.29) is 17.3 Å². The van der Waals surface area contributed by atoms with Crippen molar-refractivity contribution in [3.8, 4) is 0 Å². The Bertz CT molecular complexity index is 1190. The molecule has 0 bridgehead atoms. The Labute approximate surface area is 160 Å². The Kier molecular flexibility index (Phi) is 4.36. The molecule has 3 aromatic heterocycles. The summed E-state index contributed by atoms with van der Waals surface area (Å²) in [5.74, 6) is 0.0712. The smallest absolute Gasteiger partial charge is 0.292 e. The predicted molar refractivity (Wildman–Crippen MR) is 104 cm³/mol. The average molecular weight is 375 g/mol. The highest BCUT2D eigenvalue weighted by molar-refractivity contribution is 6.10. The van der Waals surface area contributed by atoms with Crippen LogP contribution in [0.25, 0.3) is 5.52 Å². The number of nitrogens with zero attached hydrogens (tertiary/aromatic N) is 3. The van der Waals surface area contributed by atoms with Gasteiger partial charge in [0.2, 0.25) is 5.82 Å². The average Bonchev–Trinajstić information content (AvgIpc) is 3.25. The summed E-state index contributed by atoms with van der Waals surface area (Å²) in [6, 6.07) is 14.3. The maximum absolute atomic E-state index is 12.8. The summed E-state index contributed by atoms with van der Waals surface area (Å²) in [4.78, 5) is 29.8. The van der Waals surface area contributed by atoms with Crippen LogP contribution < -0.4 is 10.6 Å². The largest absolute Gasteiger partial charge is 0.360 e. The number of aromatic nitrogens is 3. The van der Waals surface area contributed by atoms with Gasteiger partial charge in [-0.2, -0.15) is 0 Å². The number of hydrogen-bond donors (Lipinski definition) is 2. The van der Waals surface area contributed by atoms with Gasteiger partial charge in [0.05, 0.1) is 5.52 Å². The van der Waals surface area contributed by atoms with Gasteiger partial charge >= 0.3 is 0 Å². The zero-order valence-corrected chi connectivity index (χ0v) is 15.3. The Morgan fingerprint density at radius 2 is 1.86 bits per heavy atom. The van der Waals surface area contributed by atoms with E-state index in [2.05, 4.69) is 20.8 Å². The van der Waals surface area contributed by atoms with Crippen molar-refractivity contribution in [1.82, 2.24) is 14.5 Å². The van der Waals surface area contributed by atoms with Gasteiger partial charge in [0.25, 0.3) is 11.8 Å². The molecule has 0 aliphatic heterocycles. The number of fused-ring (bicyclic) bond motifs is 1. The maximum Gasteiger partial charge on any atom is 0.292 e. The van der Waals surface area contributed by atoms with Crippen molar-refractivity contribution in [3.63, 3.8) is 0 Å². The van der Waals surface area contributed by atoms with Crippen molar-refractivity contribution in [2.75, 3.05) is 10.6 Å². The molecule has 4 aromatic rings. The zero-order chi connectivity index (χ0) is 19.7. The van der Waals surface area contributed by atoms with Gasteiger partial charge in [0, 0.05) is 18.0 Å². The quantitative estimate of drug-likeness (QED) is 0.569. The predicted octanol–water partition coefficient (Wildman–Crippen LogP) is 3.44. The van der Waals surface area contributed by atoms with E-state index < -0.39 is 11.8 Å². The van der Waals surface area contributed by atoms with Crippen LogP contribution in [-0.2, 0) is 0 Å². The van der Waals surface area contributed by atoms with Crippen molar-refractivity contribution in [1.29, 1.82) is 0 Å². The first kappa shape index (κ1) is 17.5. The topological polar surface area (TPSA) is 102 Å². The minimum Gasteiger partial charge on any atom is -0.360 e. The molecule has 3 heterocycles. The van der Waals surface area contributed by atoms with E-state index in [0.717, 1.165) is 5.56 Å². The number of hydrogen-bond acceptors (Lipinski definition) is 5. The van der Waals surface area contributed by atoms with E-state index in [1.165, 1.54) is 0 Å². The monoisotopic (exact) mass is 375 g/mol. The van der Waals surface area contributed by atoms with Crippen LogP contribution in [0.3, 0.4) is 0 Å². The molecule has 0 saturated carbocycles. The molecule has 0 spiro atoms. The second kappa shape index (κ2) is 6.99. The van der Waals surface area contributed by atoms with E-state index in [1.54, 1.807) is 47.9 Å². The van der Waals surface area contributed by atoms with Crippen LogP contribution >= 0.6 is 0 Å². The molecule has 0 aliphatic rings. The van der Waals surface area contributed by atoms with Crippen LogP contribution in [0, 0.1) is 13.8 Å². The second-order valence-electron chi connectivity index (χ2n) is 6.34. The molecule has 2 N–H and O–H groups in total. The highest BCUT2D eigenvalue weighted by Crippen LogP contribution is 2.17. The normalized spacial score (nSPS) is 10.8. The van der Waals surface area contributed by atoms with Crippen molar-refractivity contribution < 1.29 is 14.1 Å². The Hall–Kier alpha value is -3.94. The summed E-state index contributed by atoms with van der Waals surface area (Å²) in [5, 5.41) is 9.19. The summed E-state index contributed by atoms with van der Waals surface area (Å²) in [7, 11) is 0. The standard InChI is InChI=1S/C20H17N5O3/c1-12-6-5-7-14(10-12)21-20(27)18-23-17(15-8-3-4-9-25(15)18)19(26)22-16-11-13(2)28-24-16/h3-11H,1-2H3,(H,21,27)(H,22,24,26). The van der Waals surface area contributed by atoms with Gasteiger partial charge in [-0.05, 0) is 43.7 Å². The molecule has 8 heteroatoms. The van der Waals surface area contributed by atoms with Crippen LogP contribution in [0.5, 0.6) is 0 Å². The lowest BCUT2D eigenvalue weighted by atomic mass is 10.2. The Balaban J connectivity index is 1.67. The Morgan fingerprint density at radius 1 is 1.00 bits per heavy atom. The van der Waals surface area contributed by atoms with Crippen LogP contribution in [0.15, 0.2) is 59.3 Å². The number of imidazole rings is 1. The first-order valence-corrected chi connectivity index (χ1v) is 8.61. The van der Waals surface area contributed by atoms with E-state index >= 15 is 0 Å². The van der Waals surface area contributed by atoms with Crippen LogP contribution in [0.2, 0.25) is 0 Å². The maximum atomic E-state index is 12.8. The van der Waals surface area contributed by atoms with Crippen molar-refractivity contribution in [2.45, 2.75) is 13.8 Å². The minimum atomic E-state index is -0.480.